The fourth-order valence-corrected chi connectivity index (χ4v) is 0. The first-order valence-electron chi connectivity index (χ1n) is 3.52. The Morgan fingerprint density at radius 1 is 0.727 bits per heavy atom. The van der Waals surface area contributed by atoms with E-state index in [0.29, 0.717) is 0 Å². The van der Waals surface area contributed by atoms with Gasteiger partial charge in [0.2, 0.25) is 0 Å². The lowest BCUT2D eigenvalue weighted by molar-refractivity contribution is 0.368. The van der Waals surface area contributed by atoms with Crippen LogP contribution in [0.3, 0.4) is 0 Å². The highest BCUT2D eigenvalue weighted by Gasteiger charge is 2.20. The Kier molecular flexibility index (Phi) is 6.61. The molecule has 0 aliphatic heterocycles. The molecule has 0 atom stereocenters. The van der Waals surface area contributed by atoms with E-state index in [1.165, 1.54) is 0 Å². The van der Waals surface area contributed by atoms with Crippen LogP contribution in [0.5, 0.6) is 0 Å². The molecule has 0 rings (SSSR count). The molecule has 0 heterocycles. The minimum Gasteiger partial charge on any atom is -0.418 e. The molecular formula is C6H14BF4-. The molecule has 0 bridgehead atoms. The van der Waals surface area contributed by atoms with Crippen molar-refractivity contribution in [2.24, 2.45) is 11.8 Å². The summed E-state index contributed by atoms with van der Waals surface area (Å²) in [5, 5.41) is 0. The zero-order valence-corrected chi connectivity index (χ0v) is 7.24. The molecule has 0 aliphatic rings. The van der Waals surface area contributed by atoms with Gasteiger partial charge in [-0.15, -0.1) is 0 Å². The third-order valence-corrected chi connectivity index (χ3v) is 1.33. The van der Waals surface area contributed by atoms with Crippen molar-refractivity contribution >= 4 is 7.25 Å². The number of rotatable bonds is 1. The molecule has 0 aromatic carbocycles. The van der Waals surface area contributed by atoms with Crippen LogP contribution in [-0.4, -0.2) is 7.25 Å². The Morgan fingerprint density at radius 3 is 0.818 bits per heavy atom. The molecule has 0 saturated heterocycles. The summed E-state index contributed by atoms with van der Waals surface area (Å²) in [5.74, 6) is 1.70. The summed E-state index contributed by atoms with van der Waals surface area (Å²) in [6, 6.07) is 0. The van der Waals surface area contributed by atoms with Gasteiger partial charge in [-0.3, -0.25) is 0 Å². The Bertz CT molecular complexity index is 75.1. The van der Waals surface area contributed by atoms with Crippen LogP contribution in [0.2, 0.25) is 0 Å². The molecule has 0 amide bonds. The van der Waals surface area contributed by atoms with E-state index in [-0.39, 0.29) is 0 Å². The summed E-state index contributed by atoms with van der Waals surface area (Å²) in [5.41, 5.74) is 0. The predicted octanol–water partition coefficient (Wildman–Crippen LogP) is 3.60. The normalized spacial score (nSPS) is 11.5. The largest absolute Gasteiger partial charge is 0.673 e. The molecule has 0 spiro atoms. The molecule has 0 saturated carbocycles. The van der Waals surface area contributed by atoms with E-state index in [0.717, 1.165) is 11.8 Å². The minimum atomic E-state index is -6.00. The Balaban J connectivity index is 0. The molecule has 11 heavy (non-hydrogen) atoms. The van der Waals surface area contributed by atoms with E-state index in [2.05, 4.69) is 27.7 Å². The summed E-state index contributed by atoms with van der Waals surface area (Å²) < 4.78 is 39.0. The number of halogens is 4. The zero-order valence-electron chi connectivity index (χ0n) is 7.24. The van der Waals surface area contributed by atoms with Gasteiger partial charge >= 0.3 is 7.25 Å². The molecule has 0 aromatic rings. The quantitative estimate of drug-likeness (QED) is 0.419. The molecule has 0 radical (unpaired) electrons. The van der Waals surface area contributed by atoms with Crippen molar-refractivity contribution in [3.8, 4) is 0 Å². The van der Waals surface area contributed by atoms with Crippen LogP contribution >= 0.6 is 0 Å². The highest BCUT2D eigenvalue weighted by atomic mass is 19.5. The van der Waals surface area contributed by atoms with E-state index in [1.807, 2.05) is 0 Å². The van der Waals surface area contributed by atoms with Gasteiger partial charge in [0.1, 0.15) is 0 Å². The van der Waals surface area contributed by atoms with Gasteiger partial charge in [-0.05, 0) is 11.8 Å². The minimum absolute atomic E-state index is 0.852. The van der Waals surface area contributed by atoms with Crippen molar-refractivity contribution in [2.45, 2.75) is 27.7 Å². The van der Waals surface area contributed by atoms with Crippen LogP contribution in [0, 0.1) is 11.8 Å². The van der Waals surface area contributed by atoms with Crippen molar-refractivity contribution < 1.29 is 17.3 Å². The van der Waals surface area contributed by atoms with E-state index in [9.17, 15) is 17.3 Å². The van der Waals surface area contributed by atoms with Gasteiger partial charge in [-0.1, -0.05) is 27.7 Å². The van der Waals surface area contributed by atoms with E-state index >= 15 is 0 Å². The van der Waals surface area contributed by atoms with Crippen molar-refractivity contribution in [2.75, 3.05) is 0 Å². The van der Waals surface area contributed by atoms with E-state index in [1.54, 1.807) is 0 Å². The topological polar surface area (TPSA) is 0 Å². The molecule has 0 fully saturated rings. The van der Waals surface area contributed by atoms with Gasteiger partial charge in [0.25, 0.3) is 0 Å². The summed E-state index contributed by atoms with van der Waals surface area (Å²) in [4.78, 5) is 0. The highest BCUT2D eigenvalue weighted by Crippen LogP contribution is 2.06. The third kappa shape index (κ3) is 41.4. The Morgan fingerprint density at radius 2 is 0.818 bits per heavy atom. The molecule has 0 aromatic heterocycles. The van der Waals surface area contributed by atoms with E-state index in [4.69, 9.17) is 0 Å². The molecule has 0 N–H and O–H groups in total. The maximum atomic E-state index is 9.75. The summed E-state index contributed by atoms with van der Waals surface area (Å²) in [6.45, 7) is 8.96. The average molecular weight is 173 g/mol. The van der Waals surface area contributed by atoms with Gasteiger partial charge < -0.3 is 17.3 Å². The Labute approximate surface area is 65.1 Å². The summed E-state index contributed by atoms with van der Waals surface area (Å²) in [7, 11) is -6.00. The van der Waals surface area contributed by atoms with Gasteiger partial charge in [0.15, 0.2) is 0 Å². The first-order chi connectivity index (χ1) is 4.64. The Hall–Kier alpha value is -0.215. The van der Waals surface area contributed by atoms with Crippen molar-refractivity contribution in [3.05, 3.63) is 0 Å². The lowest BCUT2D eigenvalue weighted by Gasteiger charge is -2.05. The van der Waals surface area contributed by atoms with Crippen molar-refractivity contribution in [1.29, 1.82) is 0 Å². The molecule has 5 heteroatoms. The van der Waals surface area contributed by atoms with Crippen LogP contribution in [0.15, 0.2) is 0 Å². The number of hydrogen-bond acceptors (Lipinski definition) is 0. The number of hydrogen-bond donors (Lipinski definition) is 0. The maximum Gasteiger partial charge on any atom is 0.673 e. The predicted molar refractivity (Wildman–Crippen MR) is 39.9 cm³/mol. The monoisotopic (exact) mass is 173 g/mol. The molecular weight excluding hydrogens is 159 g/mol. The second-order valence-electron chi connectivity index (χ2n) is 2.98. The smallest absolute Gasteiger partial charge is 0.418 e. The maximum absolute atomic E-state index is 9.75. The van der Waals surface area contributed by atoms with Crippen LogP contribution < -0.4 is 0 Å². The van der Waals surface area contributed by atoms with Crippen LogP contribution in [0.25, 0.3) is 0 Å². The van der Waals surface area contributed by atoms with Crippen molar-refractivity contribution in [3.63, 3.8) is 0 Å². The first-order valence-corrected chi connectivity index (χ1v) is 3.52. The van der Waals surface area contributed by atoms with Crippen LogP contribution in [0.4, 0.5) is 17.3 Å². The van der Waals surface area contributed by atoms with Gasteiger partial charge in [-0.25, -0.2) is 0 Å². The highest BCUT2D eigenvalue weighted by molar-refractivity contribution is 6.50. The molecule has 0 nitrogen and oxygen atoms in total. The van der Waals surface area contributed by atoms with Gasteiger partial charge in [-0.2, -0.15) is 0 Å². The molecule has 0 aliphatic carbocycles. The van der Waals surface area contributed by atoms with Crippen molar-refractivity contribution in [1.82, 2.24) is 0 Å². The van der Waals surface area contributed by atoms with Gasteiger partial charge in [0.05, 0.1) is 0 Å². The standard InChI is InChI=1S/C6H14.BF4/c1-5(2)6(3)4;2-1(3,4)5/h5-6H,1-4H3;/q;-1. The lowest BCUT2D eigenvalue weighted by atomic mass is 10.0. The summed E-state index contributed by atoms with van der Waals surface area (Å²) >= 11 is 0. The SMILES string of the molecule is CC(C)C(C)C.F[B-](F)(F)F. The van der Waals surface area contributed by atoms with Gasteiger partial charge in [0, 0.05) is 0 Å². The summed E-state index contributed by atoms with van der Waals surface area (Å²) in [6.07, 6.45) is 0. The fraction of sp³-hybridized carbons (Fsp3) is 1.00. The molecule has 0 unspecified atom stereocenters. The average Bonchev–Trinajstić information content (AvgIpc) is 1.59. The van der Waals surface area contributed by atoms with E-state index < -0.39 is 7.25 Å². The van der Waals surface area contributed by atoms with Crippen LogP contribution in [0.1, 0.15) is 27.7 Å². The lowest BCUT2D eigenvalue weighted by Crippen LogP contribution is -2.02. The second kappa shape index (κ2) is 5.44. The third-order valence-electron chi connectivity index (χ3n) is 1.33. The van der Waals surface area contributed by atoms with Crippen LogP contribution in [-0.2, 0) is 0 Å². The fourth-order valence-electron chi connectivity index (χ4n) is 0. The molecule has 70 valence electrons. The second-order valence-corrected chi connectivity index (χ2v) is 2.98. The zero-order chi connectivity index (χ0) is 9.65. The first kappa shape index (κ1) is 13.4.